The number of amides is 8. The molecular weight excluding hydrogens is 1140 g/mol. The van der Waals surface area contributed by atoms with Gasteiger partial charge in [0, 0.05) is 55.4 Å². The number of hydrogen-bond donors (Lipinski definition) is 15. The molecule has 0 spiro atoms. The summed E-state index contributed by atoms with van der Waals surface area (Å²) < 4.78 is 0. The summed E-state index contributed by atoms with van der Waals surface area (Å²) >= 11 is 5.09. The van der Waals surface area contributed by atoms with E-state index in [0.717, 1.165) is 0 Å². The Balaban J connectivity index is 1.59. The summed E-state index contributed by atoms with van der Waals surface area (Å²) in [6.07, 6.45) is 9.20. The van der Waals surface area contributed by atoms with Crippen molar-refractivity contribution in [3.63, 3.8) is 0 Å². The van der Waals surface area contributed by atoms with Gasteiger partial charge < -0.3 is 83.1 Å². The number of carbonyl (C=O) groups is 8. The first kappa shape index (κ1) is 68.0. The zero-order valence-electron chi connectivity index (χ0n) is 46.6. The third-order valence-electron chi connectivity index (χ3n) is 12.4. The molecule has 0 bridgehead atoms. The molecule has 4 aromatic carbocycles. The summed E-state index contributed by atoms with van der Waals surface area (Å²) in [5, 5.41) is 19.6. The summed E-state index contributed by atoms with van der Waals surface area (Å²) in [4.78, 5) is 120. The highest BCUT2D eigenvalue weighted by atomic mass is 32.2. The van der Waals surface area contributed by atoms with Gasteiger partial charge in [-0.05, 0) is 162 Å². The van der Waals surface area contributed by atoms with Crippen molar-refractivity contribution in [3.05, 3.63) is 95.1 Å². The molecule has 4 unspecified atom stereocenters. The van der Waals surface area contributed by atoms with Crippen molar-refractivity contribution in [2.45, 2.75) is 95.1 Å². The number of anilines is 4. The van der Waals surface area contributed by atoms with Crippen molar-refractivity contribution in [1.29, 1.82) is 0 Å². The van der Waals surface area contributed by atoms with Gasteiger partial charge in [-0.25, -0.2) is 0 Å². The quantitative estimate of drug-likeness (QED) is 0.0141. The molecule has 29 heteroatoms. The predicted molar refractivity (Wildman–Crippen MR) is 334 cm³/mol. The van der Waals surface area contributed by atoms with E-state index >= 15 is 0 Å². The van der Waals surface area contributed by atoms with Crippen LogP contribution in [0.5, 0.6) is 0 Å². The van der Waals surface area contributed by atoms with Crippen molar-refractivity contribution in [2.24, 2.45) is 55.9 Å². The normalized spacial score (nSPS) is 12.3. The summed E-state index contributed by atoms with van der Waals surface area (Å²) in [7, 11) is 0. The molecule has 0 fully saturated rings. The number of thioether (sulfide) groups is 4. The van der Waals surface area contributed by atoms with Crippen molar-refractivity contribution in [1.82, 2.24) is 16.0 Å². The van der Waals surface area contributed by atoms with E-state index < -0.39 is 71.4 Å². The van der Waals surface area contributed by atoms with Gasteiger partial charge in [0.15, 0.2) is 11.9 Å². The number of carbonyl (C=O) groups excluding carboxylic acids is 8. The van der Waals surface area contributed by atoms with Gasteiger partial charge in [0.2, 0.25) is 29.5 Å². The lowest BCUT2D eigenvalue weighted by Gasteiger charge is -2.22. The lowest BCUT2D eigenvalue weighted by Crippen LogP contribution is -2.45. The zero-order valence-corrected chi connectivity index (χ0v) is 49.9. The van der Waals surface area contributed by atoms with E-state index in [0.29, 0.717) is 51.1 Å². The van der Waals surface area contributed by atoms with E-state index in [1.54, 1.807) is 73.6 Å². The molecule has 4 atom stereocenters. The van der Waals surface area contributed by atoms with Crippen LogP contribution in [0.25, 0.3) is 0 Å². The van der Waals surface area contributed by atoms with Gasteiger partial charge in [-0.2, -0.15) is 0 Å². The average molecular weight is 1220 g/mol. The Morgan fingerprint density at radius 3 is 1.01 bits per heavy atom. The third kappa shape index (κ3) is 21.6. The summed E-state index contributed by atoms with van der Waals surface area (Å²) in [5.74, 6) is -5.24. The minimum atomic E-state index is -1.21. The second-order valence-corrected chi connectivity index (χ2v) is 21.8. The molecule has 8 amide bonds. The maximum absolute atomic E-state index is 14.4. The lowest BCUT2D eigenvalue weighted by atomic mass is 10.1. The van der Waals surface area contributed by atoms with Crippen LogP contribution < -0.4 is 83.1 Å². The summed E-state index contributed by atoms with van der Waals surface area (Å²) in [6, 6.07) is 14.6. The number of primary amides is 1. The smallest absolute Gasteiger partial charge is 0.253 e. The highest BCUT2D eigenvalue weighted by Crippen LogP contribution is 2.29. The molecular formula is C54H75N17O8S4. The first-order chi connectivity index (χ1) is 39.7. The number of aliphatic imine (C=N–C) groups is 2. The predicted octanol–water partition coefficient (Wildman–Crippen LogP) is 2.74. The largest absolute Gasteiger partial charge is 0.370 e. The topological polar surface area (TPSA) is 454 Å². The second-order valence-electron chi connectivity index (χ2n) is 18.4. The van der Waals surface area contributed by atoms with E-state index in [1.807, 2.05) is 0 Å². The van der Waals surface area contributed by atoms with Crippen molar-refractivity contribution < 1.29 is 38.4 Å². The Hall–Kier alpha value is -7.54. The average Bonchev–Trinajstić information content (AvgIpc) is 3.50. The molecule has 4 aromatic rings. The van der Waals surface area contributed by atoms with Gasteiger partial charge in [0.1, 0.15) is 18.1 Å². The monoisotopic (exact) mass is 1220 g/mol. The molecule has 4 rings (SSSR count). The van der Waals surface area contributed by atoms with Gasteiger partial charge in [-0.15, -0.1) is 47.0 Å². The Morgan fingerprint density at radius 2 is 0.711 bits per heavy atom. The van der Waals surface area contributed by atoms with Crippen molar-refractivity contribution in [2.75, 3.05) is 72.5 Å². The van der Waals surface area contributed by atoms with E-state index in [9.17, 15) is 38.4 Å². The first-order valence-electron chi connectivity index (χ1n) is 26.1. The number of nitrogens with two attached hydrogens (primary N) is 8. The Labute approximate surface area is 499 Å². The highest BCUT2D eigenvalue weighted by Gasteiger charge is 2.28. The van der Waals surface area contributed by atoms with Crippen molar-refractivity contribution in [3.8, 4) is 0 Å². The molecule has 0 aliphatic rings. The van der Waals surface area contributed by atoms with Crippen LogP contribution >= 0.6 is 47.0 Å². The Morgan fingerprint density at radius 1 is 0.422 bits per heavy atom. The maximum Gasteiger partial charge on any atom is 0.253 e. The molecule has 0 heterocycles. The highest BCUT2D eigenvalue weighted by molar-refractivity contribution is 7.99. The van der Waals surface area contributed by atoms with Crippen LogP contribution in [0.3, 0.4) is 0 Å². The van der Waals surface area contributed by atoms with E-state index in [-0.39, 0.29) is 103 Å². The van der Waals surface area contributed by atoms with Gasteiger partial charge >= 0.3 is 0 Å². The minimum absolute atomic E-state index is 0.0472. The Kier molecular flexibility index (Phi) is 28.5. The fourth-order valence-corrected chi connectivity index (χ4v) is 10.4. The van der Waals surface area contributed by atoms with Crippen LogP contribution in [0.1, 0.15) is 92.8 Å². The van der Waals surface area contributed by atoms with Crippen LogP contribution in [0.15, 0.2) is 102 Å². The molecule has 0 aliphatic carbocycles. The van der Waals surface area contributed by atoms with Crippen LogP contribution in [-0.2, 0) is 19.2 Å². The molecule has 0 aromatic heterocycles. The molecule has 0 saturated carbocycles. The zero-order chi connectivity index (χ0) is 61.2. The van der Waals surface area contributed by atoms with E-state index in [1.165, 1.54) is 71.3 Å². The number of rotatable bonds is 33. The fraction of sp³-hybridized carbons (Fsp3) is 0.370. The fourth-order valence-electron chi connectivity index (χ4n) is 8.10. The lowest BCUT2D eigenvalue weighted by molar-refractivity contribution is -0.118. The number of hydrogen-bond acceptors (Lipinski definition) is 17. The van der Waals surface area contributed by atoms with E-state index in [2.05, 4.69) is 47.2 Å². The number of benzene rings is 4. The third-order valence-corrected chi connectivity index (χ3v) is 15.6. The molecule has 0 aliphatic heterocycles. The summed E-state index contributed by atoms with van der Waals surface area (Å²) in [5.41, 5.74) is 46.9. The SMILES string of the molecule is CSc1ccc(NC(=O)C(CCCN=C(N)N)NC(=O)c2cc(NC(=O)C(CCCN=C(N)N)NC(=O)c3cc(NC(=O)C(CCCN)NC(=O)c4cc(NC(=O)C(N)CCCN)ccc4SC)ccc3SC)ccc2SC)cc1C(N)=O. The second kappa shape index (κ2) is 34.8. The minimum Gasteiger partial charge on any atom is -0.370 e. The van der Waals surface area contributed by atoms with Gasteiger partial charge in [0.05, 0.1) is 28.3 Å². The molecule has 25 nitrogen and oxygen atoms in total. The van der Waals surface area contributed by atoms with Gasteiger partial charge in [0.25, 0.3) is 17.7 Å². The van der Waals surface area contributed by atoms with Crippen LogP contribution in [0.2, 0.25) is 0 Å². The summed E-state index contributed by atoms with van der Waals surface area (Å²) in [6.45, 7) is 0.874. The molecule has 0 saturated heterocycles. The van der Waals surface area contributed by atoms with Crippen LogP contribution in [-0.4, -0.2) is 135 Å². The van der Waals surface area contributed by atoms with Crippen LogP contribution in [0.4, 0.5) is 22.7 Å². The van der Waals surface area contributed by atoms with Gasteiger partial charge in [-0.1, -0.05) is 0 Å². The molecule has 23 N–H and O–H groups in total. The van der Waals surface area contributed by atoms with Crippen LogP contribution in [0, 0.1) is 0 Å². The molecule has 0 radical (unpaired) electrons. The van der Waals surface area contributed by atoms with E-state index in [4.69, 9.17) is 45.9 Å². The molecule has 83 heavy (non-hydrogen) atoms. The number of nitrogens with zero attached hydrogens (tertiary/aromatic N) is 2. The first-order valence-corrected chi connectivity index (χ1v) is 31.0. The number of guanidine groups is 2. The van der Waals surface area contributed by atoms with Gasteiger partial charge in [-0.3, -0.25) is 48.3 Å². The maximum atomic E-state index is 14.4. The Bertz CT molecular complexity index is 3010. The molecule has 448 valence electrons. The van der Waals surface area contributed by atoms with Crippen molar-refractivity contribution >= 4 is 129 Å². The standard InChI is InChI=1S/C54H75N17O8S4/c1-80-41-17-13-29(25-33(41)45(58)72)66-51(78)39(11-7-23-63-53(59)60)70-47(74)36-28-32(16-20-44(36)83-4)68-52(79)40(12-8-24-64-54(61)62)71-48(75)35-27-31(15-19-43(35)82-3)67-50(77)38(10-6-22-56)69-46(73)34-26-30(14-18-42(34)81-2)65-49(76)37(57)9-5-21-55/h13-20,25-28,37-40H,5-12,21-24,55-57H2,1-4H3,(H2,58,72)(H,65,76)(H,66,78)(H,67,77)(H,68,79)(H,69,73)(H,70,74)(H,71,75)(H4,59,60,63)(H4,61,62,64). The number of nitrogens with one attached hydrogen (secondary N) is 7.